The summed E-state index contributed by atoms with van der Waals surface area (Å²) in [5, 5.41) is 2.78. The minimum absolute atomic E-state index is 0.0177. The number of aldehydes is 1. The fourth-order valence-electron chi connectivity index (χ4n) is 5.11. The average molecular weight is 485 g/mol. The predicted octanol–water partition coefficient (Wildman–Crippen LogP) is 4.84. The molecule has 7 nitrogen and oxygen atoms in total. The lowest BCUT2D eigenvalue weighted by atomic mass is 9.64. The SMILES string of the molecule is C=CC(=O)N1CCC2(CC(n3c(NC(=O)c4ccc(C(F)F)s4)nc4cc(C=O)ccc43)C2)C1. The molecular weight excluding hydrogens is 462 g/mol. The third-order valence-electron chi connectivity index (χ3n) is 6.77. The molecule has 1 aliphatic heterocycles. The first-order valence-corrected chi connectivity index (χ1v) is 11.7. The molecule has 1 aliphatic carbocycles. The van der Waals surface area contributed by atoms with Crippen molar-refractivity contribution in [2.24, 2.45) is 5.41 Å². The monoisotopic (exact) mass is 484 g/mol. The number of amides is 2. The molecule has 2 aromatic heterocycles. The highest BCUT2D eigenvalue weighted by Gasteiger charge is 2.50. The van der Waals surface area contributed by atoms with Gasteiger partial charge in [-0.3, -0.25) is 19.7 Å². The highest BCUT2D eigenvalue weighted by molar-refractivity contribution is 7.14. The smallest absolute Gasteiger partial charge is 0.272 e. The predicted molar refractivity (Wildman–Crippen MR) is 124 cm³/mol. The van der Waals surface area contributed by atoms with E-state index in [9.17, 15) is 23.2 Å². The molecule has 0 atom stereocenters. The number of anilines is 1. The second-order valence-corrected chi connectivity index (χ2v) is 10.0. The molecule has 2 amide bonds. The number of nitrogens with one attached hydrogen (secondary N) is 1. The van der Waals surface area contributed by atoms with Crippen LogP contribution in [0.1, 0.15) is 56.6 Å². The summed E-state index contributed by atoms with van der Waals surface area (Å²) in [6.07, 6.45) is 1.96. The highest BCUT2D eigenvalue weighted by atomic mass is 32.1. The quantitative estimate of drug-likeness (QED) is 0.401. The van der Waals surface area contributed by atoms with Crippen LogP contribution >= 0.6 is 11.3 Å². The minimum atomic E-state index is -2.64. The zero-order valence-corrected chi connectivity index (χ0v) is 19.0. The van der Waals surface area contributed by atoms with Gasteiger partial charge >= 0.3 is 0 Å². The van der Waals surface area contributed by atoms with Crippen molar-refractivity contribution in [3.63, 3.8) is 0 Å². The number of halogens is 2. The Hall–Kier alpha value is -3.40. The summed E-state index contributed by atoms with van der Waals surface area (Å²) in [7, 11) is 0. The van der Waals surface area contributed by atoms with Crippen LogP contribution in [-0.4, -0.2) is 45.6 Å². The van der Waals surface area contributed by atoms with E-state index in [-0.39, 0.29) is 27.1 Å². The molecule has 1 saturated carbocycles. The Morgan fingerprint density at radius 3 is 2.74 bits per heavy atom. The van der Waals surface area contributed by atoms with Crippen LogP contribution in [0, 0.1) is 5.41 Å². The van der Waals surface area contributed by atoms with Gasteiger partial charge in [-0.15, -0.1) is 11.3 Å². The molecule has 1 saturated heterocycles. The maximum atomic E-state index is 13.0. The van der Waals surface area contributed by atoms with Crippen LogP contribution in [0.2, 0.25) is 0 Å². The third kappa shape index (κ3) is 3.81. The summed E-state index contributed by atoms with van der Waals surface area (Å²) >= 11 is 0.745. The molecule has 34 heavy (non-hydrogen) atoms. The molecule has 0 radical (unpaired) electrons. The Morgan fingerprint density at radius 2 is 2.06 bits per heavy atom. The number of alkyl halides is 2. The summed E-state index contributed by atoms with van der Waals surface area (Å²) < 4.78 is 27.9. The molecule has 2 aliphatic rings. The lowest BCUT2D eigenvalue weighted by molar-refractivity contribution is -0.125. The maximum absolute atomic E-state index is 13.0. The van der Waals surface area contributed by atoms with Gasteiger partial charge in [0.2, 0.25) is 11.9 Å². The molecular formula is C24H22F2N4O3S. The minimum Gasteiger partial charge on any atom is -0.339 e. The maximum Gasteiger partial charge on any atom is 0.272 e. The van der Waals surface area contributed by atoms with Gasteiger partial charge in [-0.2, -0.15) is 0 Å². The lowest BCUT2D eigenvalue weighted by Crippen LogP contribution is -2.42. The van der Waals surface area contributed by atoms with Crippen LogP contribution < -0.4 is 5.32 Å². The summed E-state index contributed by atoms with van der Waals surface area (Å²) in [4.78, 5) is 42.4. The number of carbonyl (C=O) groups excluding carboxylic acids is 3. The number of imidazole rings is 1. The number of benzene rings is 1. The first-order valence-electron chi connectivity index (χ1n) is 10.9. The van der Waals surface area contributed by atoms with Gasteiger partial charge < -0.3 is 9.47 Å². The van der Waals surface area contributed by atoms with Crippen LogP contribution in [-0.2, 0) is 4.79 Å². The van der Waals surface area contributed by atoms with Crippen LogP contribution in [0.15, 0.2) is 43.0 Å². The van der Waals surface area contributed by atoms with Gasteiger partial charge in [0, 0.05) is 24.7 Å². The van der Waals surface area contributed by atoms with Gasteiger partial charge in [-0.1, -0.05) is 6.58 Å². The Balaban J connectivity index is 1.43. The zero-order chi connectivity index (χ0) is 24.0. The topological polar surface area (TPSA) is 84.3 Å². The van der Waals surface area contributed by atoms with Gasteiger partial charge in [-0.05, 0) is 61.1 Å². The normalized spacial score (nSPS) is 21.7. The van der Waals surface area contributed by atoms with Crippen molar-refractivity contribution in [1.29, 1.82) is 0 Å². The zero-order valence-electron chi connectivity index (χ0n) is 18.2. The van der Waals surface area contributed by atoms with E-state index in [0.29, 0.717) is 30.1 Å². The lowest BCUT2D eigenvalue weighted by Gasteiger charge is -2.46. The molecule has 2 fully saturated rings. The molecule has 1 aromatic carbocycles. The fraction of sp³-hybridized carbons (Fsp3) is 0.333. The van der Waals surface area contributed by atoms with E-state index in [2.05, 4.69) is 16.9 Å². The van der Waals surface area contributed by atoms with E-state index in [1.807, 2.05) is 9.47 Å². The molecule has 0 unspecified atom stereocenters. The van der Waals surface area contributed by atoms with Crippen molar-refractivity contribution in [1.82, 2.24) is 14.5 Å². The van der Waals surface area contributed by atoms with Crippen LogP contribution in [0.4, 0.5) is 14.7 Å². The van der Waals surface area contributed by atoms with Crippen LogP contribution in [0.3, 0.4) is 0 Å². The largest absolute Gasteiger partial charge is 0.339 e. The number of thiophene rings is 1. The van der Waals surface area contributed by atoms with Gasteiger partial charge in [0.15, 0.2) is 0 Å². The van der Waals surface area contributed by atoms with E-state index in [4.69, 9.17) is 0 Å². The molecule has 1 spiro atoms. The summed E-state index contributed by atoms with van der Waals surface area (Å²) in [5.74, 6) is -0.268. The Labute approximate surface area is 198 Å². The summed E-state index contributed by atoms with van der Waals surface area (Å²) in [6.45, 7) is 4.93. The van der Waals surface area contributed by atoms with Gasteiger partial charge in [0.25, 0.3) is 12.3 Å². The van der Waals surface area contributed by atoms with E-state index in [1.165, 1.54) is 18.2 Å². The number of rotatable bonds is 6. The number of nitrogens with zero attached hydrogens (tertiary/aromatic N) is 3. The number of fused-ring (bicyclic) bond motifs is 1. The molecule has 1 N–H and O–H groups in total. The first kappa shape index (κ1) is 22.4. The van der Waals surface area contributed by atoms with Gasteiger partial charge in [-0.25, -0.2) is 13.8 Å². The third-order valence-corrected chi connectivity index (χ3v) is 7.86. The van der Waals surface area contributed by atoms with Crippen LogP contribution in [0.5, 0.6) is 0 Å². The first-order chi connectivity index (χ1) is 16.3. The van der Waals surface area contributed by atoms with Crippen LogP contribution in [0.25, 0.3) is 11.0 Å². The molecule has 3 aromatic rings. The van der Waals surface area contributed by atoms with Crippen molar-refractivity contribution < 1.29 is 23.2 Å². The van der Waals surface area contributed by atoms with E-state index >= 15 is 0 Å². The Morgan fingerprint density at radius 1 is 1.26 bits per heavy atom. The second-order valence-electron chi connectivity index (χ2n) is 8.90. The van der Waals surface area contributed by atoms with E-state index in [0.717, 1.165) is 42.4 Å². The molecule has 5 rings (SSSR count). The second kappa shape index (κ2) is 8.43. The number of hydrogen-bond acceptors (Lipinski definition) is 5. The highest BCUT2D eigenvalue weighted by Crippen LogP contribution is 2.55. The van der Waals surface area contributed by atoms with E-state index in [1.54, 1.807) is 18.2 Å². The van der Waals surface area contributed by atoms with Crippen molar-refractivity contribution in [2.75, 3.05) is 18.4 Å². The number of carbonyl (C=O) groups is 3. The molecule has 176 valence electrons. The standard InChI is InChI=1S/C24H22F2N4O3S/c1-2-20(32)29-8-7-24(13-29)10-15(11-24)30-17-4-3-14(12-31)9-16(17)27-23(30)28-22(33)19-6-5-18(34-19)21(25)26/h2-6,9,12,15,21H,1,7-8,10-11,13H2,(H,27,28,33). The summed E-state index contributed by atoms with van der Waals surface area (Å²) in [5.41, 5.74) is 1.82. The van der Waals surface area contributed by atoms with E-state index < -0.39 is 12.3 Å². The number of aromatic nitrogens is 2. The molecule has 0 bridgehead atoms. The Kier molecular flexibility index (Phi) is 5.55. The van der Waals surface area contributed by atoms with Crippen molar-refractivity contribution in [3.8, 4) is 0 Å². The van der Waals surface area contributed by atoms with Gasteiger partial charge in [0.1, 0.15) is 6.29 Å². The fourth-order valence-corrected chi connectivity index (χ4v) is 5.87. The van der Waals surface area contributed by atoms with Crippen molar-refractivity contribution in [3.05, 3.63) is 58.3 Å². The number of likely N-dealkylation sites (tertiary alicyclic amines) is 1. The van der Waals surface area contributed by atoms with Crippen molar-refractivity contribution >= 4 is 46.4 Å². The molecule has 10 heteroatoms. The van der Waals surface area contributed by atoms with Crippen molar-refractivity contribution in [2.45, 2.75) is 31.7 Å². The molecule has 3 heterocycles. The van der Waals surface area contributed by atoms with Gasteiger partial charge in [0.05, 0.1) is 20.8 Å². The summed E-state index contributed by atoms with van der Waals surface area (Å²) in [6, 6.07) is 7.82. The number of hydrogen-bond donors (Lipinski definition) is 1. The Bertz CT molecular complexity index is 1310. The average Bonchev–Trinajstić information content (AvgIpc) is 3.53.